The first-order chi connectivity index (χ1) is 11.8. The number of ether oxygens (including phenoxy) is 2. The van der Waals surface area contributed by atoms with E-state index in [1.165, 1.54) is 0 Å². The number of nitrogens with one attached hydrogen (secondary N) is 1. The van der Waals surface area contributed by atoms with Crippen LogP contribution in [0.25, 0.3) is 10.8 Å². The summed E-state index contributed by atoms with van der Waals surface area (Å²) in [5.74, 6) is -0.192. The Balaban J connectivity index is 2.30. The third-order valence-electron chi connectivity index (χ3n) is 3.19. The van der Waals surface area contributed by atoms with E-state index in [1.807, 2.05) is 13.8 Å². The van der Waals surface area contributed by atoms with Gasteiger partial charge < -0.3 is 30.1 Å². The molecule has 1 amide bonds. The van der Waals surface area contributed by atoms with Crippen LogP contribution in [0.5, 0.6) is 17.4 Å². The van der Waals surface area contributed by atoms with Crippen LogP contribution in [-0.4, -0.2) is 51.8 Å². The monoisotopic (exact) mass is 370 g/mol. The number of aromatic nitrogens is 1. The molecule has 0 aliphatic heterocycles. The second kappa shape index (κ2) is 8.19. The van der Waals surface area contributed by atoms with Crippen LogP contribution in [-0.2, 0) is 0 Å². The number of carbonyl (C=O) groups excluding carboxylic acids is 1. The molecular weight excluding hydrogens is 352 g/mol. The molecule has 8 nitrogen and oxygen atoms in total. The summed E-state index contributed by atoms with van der Waals surface area (Å²) >= 11 is 6.12. The van der Waals surface area contributed by atoms with Gasteiger partial charge >= 0.3 is 6.09 Å². The Hall–Kier alpha value is -2.29. The van der Waals surface area contributed by atoms with Crippen molar-refractivity contribution in [2.45, 2.75) is 26.0 Å². The number of hydrogen-bond acceptors (Lipinski definition) is 7. The summed E-state index contributed by atoms with van der Waals surface area (Å²) in [4.78, 5) is 15.6. The molecule has 9 heteroatoms. The minimum atomic E-state index is -0.994. The van der Waals surface area contributed by atoms with E-state index in [9.17, 15) is 9.90 Å². The second-order valence-electron chi connectivity index (χ2n) is 5.53. The van der Waals surface area contributed by atoms with Gasteiger partial charge in [0.15, 0.2) is 5.75 Å². The van der Waals surface area contributed by atoms with Gasteiger partial charge in [-0.05, 0) is 32.0 Å². The maximum atomic E-state index is 11.7. The Bertz CT molecular complexity index is 764. The summed E-state index contributed by atoms with van der Waals surface area (Å²) in [6, 6.07) is 3.96. The normalized spacial score (nSPS) is 11.2. The average molecular weight is 371 g/mol. The SMILES string of the molecule is CC(C)Oc1ccc2c(O)c(OC(=O)NC(CO)CO)nc(Cl)c2c1. The fourth-order valence-corrected chi connectivity index (χ4v) is 2.30. The first-order valence-electron chi connectivity index (χ1n) is 7.54. The van der Waals surface area contributed by atoms with Crippen molar-refractivity contribution < 1.29 is 29.6 Å². The highest BCUT2D eigenvalue weighted by molar-refractivity contribution is 6.34. The van der Waals surface area contributed by atoms with Crippen LogP contribution in [0.2, 0.25) is 5.15 Å². The molecule has 136 valence electrons. The molecule has 0 atom stereocenters. The van der Waals surface area contributed by atoms with E-state index in [-0.39, 0.29) is 22.9 Å². The summed E-state index contributed by atoms with van der Waals surface area (Å²) < 4.78 is 10.5. The lowest BCUT2D eigenvalue weighted by atomic mass is 10.1. The van der Waals surface area contributed by atoms with Crippen LogP contribution < -0.4 is 14.8 Å². The minimum absolute atomic E-state index is 0.0191. The molecule has 4 N–H and O–H groups in total. The first kappa shape index (κ1) is 19.0. The average Bonchev–Trinajstić information content (AvgIpc) is 2.56. The number of carbonyl (C=O) groups is 1. The molecule has 0 spiro atoms. The maximum Gasteiger partial charge on any atom is 0.414 e. The molecule has 1 aromatic heterocycles. The van der Waals surface area contributed by atoms with Crippen molar-refractivity contribution in [3.63, 3.8) is 0 Å². The van der Waals surface area contributed by atoms with Crippen LogP contribution in [0.4, 0.5) is 4.79 Å². The van der Waals surface area contributed by atoms with Gasteiger partial charge in [0.05, 0.1) is 25.4 Å². The van der Waals surface area contributed by atoms with Gasteiger partial charge in [-0.2, -0.15) is 4.98 Å². The van der Waals surface area contributed by atoms with E-state index in [0.717, 1.165) is 0 Å². The number of benzene rings is 1. The number of aliphatic hydroxyl groups is 2. The number of aromatic hydroxyl groups is 1. The van der Waals surface area contributed by atoms with Gasteiger partial charge in [-0.3, -0.25) is 0 Å². The summed E-state index contributed by atoms with van der Waals surface area (Å²) in [6.07, 6.45) is -1.03. The molecule has 25 heavy (non-hydrogen) atoms. The number of amides is 1. The number of halogens is 1. The number of fused-ring (bicyclic) bond motifs is 1. The van der Waals surface area contributed by atoms with Crippen LogP contribution in [0.3, 0.4) is 0 Å². The number of hydrogen-bond donors (Lipinski definition) is 4. The quantitative estimate of drug-likeness (QED) is 0.572. The van der Waals surface area contributed by atoms with Crippen molar-refractivity contribution in [3.8, 4) is 17.4 Å². The fraction of sp³-hybridized carbons (Fsp3) is 0.375. The molecule has 0 bridgehead atoms. The number of pyridine rings is 1. The van der Waals surface area contributed by atoms with E-state index in [0.29, 0.717) is 16.5 Å². The molecule has 0 unspecified atom stereocenters. The first-order valence-corrected chi connectivity index (χ1v) is 7.92. The van der Waals surface area contributed by atoms with Crippen molar-refractivity contribution in [3.05, 3.63) is 23.4 Å². The van der Waals surface area contributed by atoms with E-state index in [4.69, 9.17) is 31.3 Å². The third-order valence-corrected chi connectivity index (χ3v) is 3.48. The van der Waals surface area contributed by atoms with E-state index < -0.39 is 25.3 Å². The fourth-order valence-electron chi connectivity index (χ4n) is 2.07. The zero-order valence-corrected chi connectivity index (χ0v) is 14.4. The molecule has 0 aliphatic carbocycles. The van der Waals surface area contributed by atoms with Crippen molar-refractivity contribution in [2.75, 3.05) is 13.2 Å². The smallest absolute Gasteiger partial charge is 0.414 e. The topological polar surface area (TPSA) is 121 Å². The standard InChI is InChI=1S/C16H19ClN2O6/c1-8(2)24-10-3-4-11-12(5-10)14(17)19-15(13(11)22)25-16(23)18-9(6-20)7-21/h3-5,8-9,20-22H,6-7H2,1-2H3,(H,18,23). The Morgan fingerprint density at radius 2 is 1.96 bits per heavy atom. The molecule has 0 radical (unpaired) electrons. The second-order valence-corrected chi connectivity index (χ2v) is 5.88. The molecule has 0 fully saturated rings. The molecule has 2 rings (SSSR count). The van der Waals surface area contributed by atoms with Gasteiger partial charge in [-0.1, -0.05) is 11.6 Å². The molecule has 0 saturated carbocycles. The Morgan fingerprint density at radius 3 is 2.56 bits per heavy atom. The number of nitrogens with zero attached hydrogens (tertiary/aromatic N) is 1. The van der Waals surface area contributed by atoms with Gasteiger partial charge in [0.2, 0.25) is 0 Å². The lowest BCUT2D eigenvalue weighted by Crippen LogP contribution is -2.41. The summed E-state index contributed by atoms with van der Waals surface area (Å²) in [6.45, 7) is 2.82. The van der Waals surface area contributed by atoms with Crippen LogP contribution in [0, 0.1) is 0 Å². The predicted octanol–water partition coefficient (Wildman–Crippen LogP) is 1.82. The van der Waals surface area contributed by atoms with Gasteiger partial charge in [-0.15, -0.1) is 0 Å². The van der Waals surface area contributed by atoms with Crippen molar-refractivity contribution in [2.24, 2.45) is 0 Å². The van der Waals surface area contributed by atoms with Crippen molar-refractivity contribution >= 4 is 28.5 Å². The lowest BCUT2D eigenvalue weighted by molar-refractivity contribution is 0.151. The zero-order valence-electron chi connectivity index (χ0n) is 13.7. The summed E-state index contributed by atoms with van der Waals surface area (Å²) in [5.41, 5.74) is 0. The van der Waals surface area contributed by atoms with Crippen LogP contribution in [0.1, 0.15) is 13.8 Å². The maximum absolute atomic E-state index is 11.7. The van der Waals surface area contributed by atoms with Crippen molar-refractivity contribution in [1.29, 1.82) is 0 Å². The van der Waals surface area contributed by atoms with Crippen LogP contribution >= 0.6 is 11.6 Å². The summed E-state index contributed by atoms with van der Waals surface area (Å²) in [7, 11) is 0. The van der Waals surface area contributed by atoms with Gasteiger partial charge in [0.25, 0.3) is 5.88 Å². The Kier molecular flexibility index (Phi) is 6.24. The third kappa shape index (κ3) is 4.62. The lowest BCUT2D eigenvalue weighted by Gasteiger charge is -2.15. The molecule has 1 aromatic carbocycles. The highest BCUT2D eigenvalue weighted by Gasteiger charge is 2.19. The summed E-state index contributed by atoms with van der Waals surface area (Å²) in [5, 5.41) is 31.2. The van der Waals surface area contributed by atoms with Gasteiger partial charge in [-0.25, -0.2) is 4.79 Å². The van der Waals surface area contributed by atoms with E-state index in [2.05, 4.69) is 10.3 Å². The Morgan fingerprint density at radius 1 is 1.28 bits per heavy atom. The highest BCUT2D eigenvalue weighted by Crippen LogP contribution is 2.38. The van der Waals surface area contributed by atoms with Crippen LogP contribution in [0.15, 0.2) is 18.2 Å². The number of rotatable bonds is 6. The van der Waals surface area contributed by atoms with Gasteiger partial charge in [0.1, 0.15) is 10.9 Å². The molecule has 0 aliphatic rings. The molecule has 0 saturated heterocycles. The molecule has 2 aromatic rings. The largest absolute Gasteiger partial charge is 0.503 e. The Labute approximate surface area is 149 Å². The van der Waals surface area contributed by atoms with E-state index in [1.54, 1.807) is 18.2 Å². The predicted molar refractivity (Wildman–Crippen MR) is 91.3 cm³/mol. The van der Waals surface area contributed by atoms with Gasteiger partial charge in [0, 0.05) is 10.8 Å². The minimum Gasteiger partial charge on any atom is -0.503 e. The molecular formula is C16H19ClN2O6. The highest BCUT2D eigenvalue weighted by atomic mass is 35.5. The van der Waals surface area contributed by atoms with Crippen molar-refractivity contribution in [1.82, 2.24) is 10.3 Å². The zero-order chi connectivity index (χ0) is 18.6. The van der Waals surface area contributed by atoms with E-state index >= 15 is 0 Å². The molecule has 1 heterocycles. The number of aliphatic hydroxyl groups excluding tert-OH is 2.